The van der Waals surface area contributed by atoms with Crippen molar-refractivity contribution >= 4 is 35.3 Å². The first-order valence-corrected chi connectivity index (χ1v) is 11.3. The minimum atomic E-state index is -0.00879. The first-order valence-electron chi connectivity index (χ1n) is 11.3. The molecule has 2 aromatic carbocycles. The van der Waals surface area contributed by atoms with E-state index < -0.39 is 0 Å². The van der Waals surface area contributed by atoms with Gasteiger partial charge in [-0.1, -0.05) is 30.3 Å². The highest BCUT2D eigenvalue weighted by atomic mass is 35.5. The second-order valence-corrected chi connectivity index (χ2v) is 8.40. The van der Waals surface area contributed by atoms with Crippen LogP contribution in [0.25, 0.3) is 28.2 Å². The highest BCUT2D eigenvalue weighted by Crippen LogP contribution is 2.35. The fourth-order valence-corrected chi connectivity index (χ4v) is 4.76. The van der Waals surface area contributed by atoms with Crippen LogP contribution in [0.1, 0.15) is 16.7 Å². The molecule has 0 spiro atoms. The van der Waals surface area contributed by atoms with Crippen molar-refractivity contribution in [2.75, 3.05) is 20.8 Å². The van der Waals surface area contributed by atoms with Crippen molar-refractivity contribution in [3.05, 3.63) is 83.7 Å². The van der Waals surface area contributed by atoms with Crippen molar-refractivity contribution in [3.63, 3.8) is 0 Å². The molecule has 1 aliphatic heterocycles. The molecule has 7 heteroatoms. The van der Waals surface area contributed by atoms with Crippen molar-refractivity contribution < 1.29 is 14.3 Å². The molecular weight excluding hydrogens is 462 g/mol. The van der Waals surface area contributed by atoms with E-state index in [9.17, 15) is 4.79 Å². The number of rotatable bonds is 5. The first kappa shape index (κ1) is 24.4. The van der Waals surface area contributed by atoms with E-state index >= 15 is 0 Å². The number of benzene rings is 2. The largest absolute Gasteiger partial charge is 0.493 e. The molecule has 35 heavy (non-hydrogen) atoms. The van der Waals surface area contributed by atoms with Crippen LogP contribution in [-0.2, 0) is 24.8 Å². The zero-order valence-electron chi connectivity index (χ0n) is 20.0. The lowest BCUT2D eigenvalue weighted by Crippen LogP contribution is -2.34. The van der Waals surface area contributed by atoms with Gasteiger partial charge in [-0.3, -0.25) is 9.78 Å². The van der Waals surface area contributed by atoms with Gasteiger partial charge in [-0.2, -0.15) is 0 Å². The topological polar surface area (TPSA) is 56.6 Å². The molecule has 0 saturated carbocycles. The van der Waals surface area contributed by atoms with Crippen LogP contribution < -0.4 is 9.47 Å². The van der Waals surface area contributed by atoms with Gasteiger partial charge in [0, 0.05) is 43.4 Å². The van der Waals surface area contributed by atoms with Crippen LogP contribution in [0.2, 0.25) is 0 Å². The number of ether oxygens (including phenoxy) is 2. The predicted octanol–water partition coefficient (Wildman–Crippen LogP) is 5.28. The van der Waals surface area contributed by atoms with Crippen molar-refractivity contribution in [2.24, 2.45) is 7.05 Å². The summed E-state index contributed by atoms with van der Waals surface area (Å²) in [5, 5.41) is 1.07. The number of halogens is 1. The highest BCUT2D eigenvalue weighted by Gasteiger charge is 2.22. The van der Waals surface area contributed by atoms with Crippen LogP contribution in [-0.4, -0.2) is 41.1 Å². The van der Waals surface area contributed by atoms with Gasteiger partial charge in [0.15, 0.2) is 11.5 Å². The number of hydrogen-bond donors (Lipinski definition) is 0. The maximum Gasteiger partial charge on any atom is 0.246 e. The molecule has 0 saturated heterocycles. The molecule has 6 nitrogen and oxygen atoms in total. The molecule has 0 radical (unpaired) electrons. The smallest absolute Gasteiger partial charge is 0.246 e. The summed E-state index contributed by atoms with van der Waals surface area (Å²) in [7, 11) is 5.30. The number of aromatic nitrogens is 2. The number of fused-ring (bicyclic) bond motifs is 2. The number of nitrogens with zero attached hydrogens (tertiary/aromatic N) is 3. The number of amides is 1. The van der Waals surface area contributed by atoms with Crippen LogP contribution in [0, 0.1) is 0 Å². The minimum absolute atomic E-state index is 0. The molecule has 0 aliphatic carbocycles. The van der Waals surface area contributed by atoms with Crippen molar-refractivity contribution in [1.29, 1.82) is 0 Å². The van der Waals surface area contributed by atoms with Gasteiger partial charge in [-0.25, -0.2) is 0 Å². The number of carbonyl (C=O) groups is 1. The summed E-state index contributed by atoms with van der Waals surface area (Å²) in [6.07, 6.45) is 8.07. The van der Waals surface area contributed by atoms with Gasteiger partial charge in [0.1, 0.15) is 0 Å². The summed E-state index contributed by atoms with van der Waals surface area (Å²) in [4.78, 5) is 19.4. The van der Waals surface area contributed by atoms with E-state index in [0.29, 0.717) is 18.8 Å². The van der Waals surface area contributed by atoms with Crippen LogP contribution in [0.3, 0.4) is 0 Å². The van der Waals surface area contributed by atoms with Crippen LogP contribution in [0.15, 0.2) is 67.0 Å². The Morgan fingerprint density at radius 2 is 1.74 bits per heavy atom. The summed E-state index contributed by atoms with van der Waals surface area (Å²) in [5.41, 5.74) is 6.49. The summed E-state index contributed by atoms with van der Waals surface area (Å²) >= 11 is 0. The van der Waals surface area contributed by atoms with Gasteiger partial charge < -0.3 is 18.9 Å². The fraction of sp³-hybridized carbons (Fsp3) is 0.214. The summed E-state index contributed by atoms with van der Waals surface area (Å²) in [6.45, 7) is 1.21. The van der Waals surface area contributed by atoms with E-state index in [-0.39, 0.29) is 18.3 Å². The molecule has 0 fully saturated rings. The Bertz CT molecular complexity index is 1400. The maximum atomic E-state index is 13.2. The lowest BCUT2D eigenvalue weighted by Gasteiger charge is -2.28. The zero-order chi connectivity index (χ0) is 23.7. The maximum absolute atomic E-state index is 13.2. The van der Waals surface area contributed by atoms with Crippen LogP contribution >= 0.6 is 12.4 Å². The molecule has 3 heterocycles. The lowest BCUT2D eigenvalue weighted by molar-refractivity contribution is -0.126. The van der Waals surface area contributed by atoms with E-state index in [1.165, 1.54) is 5.56 Å². The van der Waals surface area contributed by atoms with Crippen molar-refractivity contribution in [3.8, 4) is 22.8 Å². The molecule has 4 aromatic rings. The Morgan fingerprint density at radius 3 is 2.46 bits per heavy atom. The first-order chi connectivity index (χ1) is 16.6. The van der Waals surface area contributed by atoms with E-state index in [1.54, 1.807) is 26.5 Å². The number of hydrogen-bond acceptors (Lipinski definition) is 4. The SMILES string of the molecule is COc1cc2c(cc1OC)CN(C(=O)C=Cc1c(-c3ccccc3)n(C)c3cnccc13)CC2.Cl. The van der Waals surface area contributed by atoms with E-state index in [2.05, 4.69) is 21.7 Å². The molecule has 0 bridgehead atoms. The third-order valence-electron chi connectivity index (χ3n) is 6.51. The Labute approximate surface area is 211 Å². The second kappa shape index (κ2) is 10.2. The normalized spacial score (nSPS) is 12.9. The fourth-order valence-electron chi connectivity index (χ4n) is 4.76. The molecule has 0 atom stereocenters. The van der Waals surface area contributed by atoms with Gasteiger partial charge in [-0.15, -0.1) is 12.4 Å². The Hall–Kier alpha value is -3.77. The van der Waals surface area contributed by atoms with Crippen molar-refractivity contribution in [2.45, 2.75) is 13.0 Å². The summed E-state index contributed by atoms with van der Waals surface area (Å²) < 4.78 is 13.0. The van der Waals surface area contributed by atoms with Gasteiger partial charge in [0.2, 0.25) is 5.91 Å². The number of pyridine rings is 1. The summed E-state index contributed by atoms with van der Waals surface area (Å²) in [5.74, 6) is 1.40. The average Bonchev–Trinajstić information content (AvgIpc) is 3.18. The molecule has 0 N–H and O–H groups in total. The number of methoxy groups -OCH3 is 2. The van der Waals surface area contributed by atoms with E-state index in [0.717, 1.165) is 45.5 Å². The molecule has 2 aromatic heterocycles. The minimum Gasteiger partial charge on any atom is -0.493 e. The second-order valence-electron chi connectivity index (χ2n) is 8.40. The Balaban J connectivity index is 0.00000289. The molecule has 5 rings (SSSR count). The van der Waals surface area contributed by atoms with Crippen molar-refractivity contribution in [1.82, 2.24) is 14.5 Å². The molecule has 1 amide bonds. The molecule has 1 aliphatic rings. The Kier molecular flexibility index (Phi) is 7.12. The number of carbonyl (C=O) groups excluding carboxylic acids is 1. The quantitative estimate of drug-likeness (QED) is 0.358. The highest BCUT2D eigenvalue weighted by molar-refractivity contribution is 6.01. The Morgan fingerprint density at radius 1 is 1.03 bits per heavy atom. The number of aryl methyl sites for hydroxylation is 1. The summed E-state index contributed by atoms with van der Waals surface area (Å²) in [6, 6.07) is 16.2. The third kappa shape index (κ3) is 4.49. The molecule has 0 unspecified atom stereocenters. The van der Waals surface area contributed by atoms with E-state index in [1.807, 2.05) is 60.6 Å². The van der Waals surface area contributed by atoms with Gasteiger partial charge in [0.25, 0.3) is 0 Å². The standard InChI is InChI=1S/C28H27N3O3.ClH/c1-30-24-17-29-13-11-22(24)23(28(30)19-7-5-4-6-8-19)9-10-27(32)31-14-12-20-15-25(33-2)26(34-3)16-21(20)18-31;/h4-11,13,15-17H,12,14,18H2,1-3H3;1H. The lowest BCUT2D eigenvalue weighted by atomic mass is 9.98. The van der Waals surface area contributed by atoms with Crippen LogP contribution in [0.4, 0.5) is 0 Å². The molecule has 180 valence electrons. The third-order valence-corrected chi connectivity index (χ3v) is 6.51. The monoisotopic (exact) mass is 489 g/mol. The predicted molar refractivity (Wildman–Crippen MR) is 141 cm³/mol. The van der Waals surface area contributed by atoms with Gasteiger partial charge in [0.05, 0.1) is 31.6 Å². The van der Waals surface area contributed by atoms with Crippen LogP contribution in [0.5, 0.6) is 11.5 Å². The van der Waals surface area contributed by atoms with Gasteiger partial charge >= 0.3 is 0 Å². The zero-order valence-corrected chi connectivity index (χ0v) is 20.8. The van der Waals surface area contributed by atoms with Gasteiger partial charge in [-0.05, 0) is 47.4 Å². The average molecular weight is 490 g/mol. The van der Waals surface area contributed by atoms with E-state index in [4.69, 9.17) is 9.47 Å². The molecular formula is C28H28ClN3O3.